The number of aliphatic hydroxyl groups is 1. The maximum Gasteiger partial charge on any atom is 0.127 e. The van der Waals surface area contributed by atoms with E-state index in [1.165, 1.54) is 18.9 Å². The van der Waals surface area contributed by atoms with Gasteiger partial charge in [0.25, 0.3) is 0 Å². The third-order valence-corrected chi connectivity index (χ3v) is 5.58. The third kappa shape index (κ3) is 4.33. The molecular formula is C19H30FN3O. The normalized spacial score (nSPS) is 25.2. The van der Waals surface area contributed by atoms with Crippen LogP contribution in [0.3, 0.4) is 0 Å². The minimum absolute atomic E-state index is 0.117. The predicted molar refractivity (Wildman–Crippen MR) is 94.4 cm³/mol. The van der Waals surface area contributed by atoms with Gasteiger partial charge in [-0.15, -0.1) is 0 Å². The molecule has 134 valence electrons. The summed E-state index contributed by atoms with van der Waals surface area (Å²) in [6.45, 7) is 6.12. The van der Waals surface area contributed by atoms with Crippen LogP contribution in [-0.2, 0) is 6.54 Å². The molecule has 2 heterocycles. The summed E-state index contributed by atoms with van der Waals surface area (Å²) in [5.74, 6) is -0.117. The molecule has 2 aliphatic rings. The minimum Gasteiger partial charge on any atom is -0.396 e. The van der Waals surface area contributed by atoms with Crippen LogP contribution in [0.15, 0.2) is 24.3 Å². The summed E-state index contributed by atoms with van der Waals surface area (Å²) in [5.41, 5.74) is 0.771. The smallest absolute Gasteiger partial charge is 0.127 e. The van der Waals surface area contributed by atoms with Gasteiger partial charge in [0.1, 0.15) is 5.82 Å². The van der Waals surface area contributed by atoms with E-state index in [4.69, 9.17) is 0 Å². The number of nitrogens with zero attached hydrogens (tertiary/aromatic N) is 3. The van der Waals surface area contributed by atoms with E-state index in [2.05, 4.69) is 21.7 Å². The summed E-state index contributed by atoms with van der Waals surface area (Å²) in [6, 6.07) is 8.07. The van der Waals surface area contributed by atoms with Crippen LogP contribution < -0.4 is 0 Å². The second-order valence-electron chi connectivity index (χ2n) is 7.26. The summed E-state index contributed by atoms with van der Waals surface area (Å²) in [7, 11) is 2.19. The fraction of sp³-hybridized carbons (Fsp3) is 0.684. The van der Waals surface area contributed by atoms with Gasteiger partial charge in [-0.2, -0.15) is 0 Å². The molecule has 0 amide bonds. The van der Waals surface area contributed by atoms with Gasteiger partial charge in [0.15, 0.2) is 0 Å². The van der Waals surface area contributed by atoms with Crippen molar-refractivity contribution in [1.82, 2.24) is 14.7 Å². The SMILES string of the molecule is CN1CCC(N2CCN(Cc3ccccc3F)CC2CCO)CC1. The first kappa shape index (κ1) is 17.8. The Morgan fingerprint density at radius 1 is 1.12 bits per heavy atom. The van der Waals surface area contributed by atoms with Crippen LogP contribution in [0.25, 0.3) is 0 Å². The van der Waals surface area contributed by atoms with Gasteiger partial charge in [-0.25, -0.2) is 4.39 Å². The Morgan fingerprint density at radius 2 is 1.88 bits per heavy atom. The Bertz CT molecular complexity index is 519. The molecule has 0 aliphatic carbocycles. The molecular weight excluding hydrogens is 305 g/mol. The molecule has 1 unspecified atom stereocenters. The average molecular weight is 335 g/mol. The number of hydrogen-bond donors (Lipinski definition) is 1. The highest BCUT2D eigenvalue weighted by Crippen LogP contribution is 2.24. The summed E-state index contributed by atoms with van der Waals surface area (Å²) in [4.78, 5) is 7.34. The van der Waals surface area contributed by atoms with Crippen molar-refractivity contribution in [2.45, 2.75) is 37.9 Å². The Kier molecular flexibility index (Phi) is 6.22. The van der Waals surface area contributed by atoms with Crippen molar-refractivity contribution in [3.05, 3.63) is 35.6 Å². The van der Waals surface area contributed by atoms with E-state index in [0.29, 0.717) is 18.6 Å². The van der Waals surface area contributed by atoms with E-state index < -0.39 is 0 Å². The molecule has 2 saturated heterocycles. The van der Waals surface area contributed by atoms with Gasteiger partial charge in [0.2, 0.25) is 0 Å². The Labute approximate surface area is 144 Å². The summed E-state index contributed by atoms with van der Waals surface area (Å²) in [5, 5.41) is 9.48. The third-order valence-electron chi connectivity index (χ3n) is 5.58. The van der Waals surface area contributed by atoms with E-state index in [0.717, 1.165) is 44.7 Å². The molecule has 2 aliphatic heterocycles. The van der Waals surface area contributed by atoms with Crippen molar-refractivity contribution in [2.75, 3.05) is 46.4 Å². The Balaban J connectivity index is 1.61. The van der Waals surface area contributed by atoms with E-state index in [-0.39, 0.29) is 12.4 Å². The lowest BCUT2D eigenvalue weighted by Gasteiger charge is -2.47. The Hall–Kier alpha value is -1.01. The van der Waals surface area contributed by atoms with Crippen molar-refractivity contribution in [3.63, 3.8) is 0 Å². The summed E-state index contributed by atoms with van der Waals surface area (Å²) in [6.07, 6.45) is 3.23. The fourth-order valence-electron chi connectivity index (χ4n) is 4.16. The highest BCUT2D eigenvalue weighted by molar-refractivity contribution is 5.17. The van der Waals surface area contributed by atoms with Crippen molar-refractivity contribution < 1.29 is 9.50 Å². The van der Waals surface area contributed by atoms with Crippen LogP contribution >= 0.6 is 0 Å². The van der Waals surface area contributed by atoms with E-state index >= 15 is 0 Å². The van der Waals surface area contributed by atoms with Crippen molar-refractivity contribution in [2.24, 2.45) is 0 Å². The van der Waals surface area contributed by atoms with Crippen LogP contribution in [0, 0.1) is 5.82 Å². The number of halogens is 1. The van der Waals surface area contributed by atoms with E-state index in [9.17, 15) is 9.50 Å². The average Bonchev–Trinajstić information content (AvgIpc) is 2.59. The topological polar surface area (TPSA) is 30.0 Å². The van der Waals surface area contributed by atoms with Crippen LogP contribution in [0.5, 0.6) is 0 Å². The second kappa shape index (κ2) is 8.39. The molecule has 0 radical (unpaired) electrons. The van der Waals surface area contributed by atoms with Crippen LogP contribution in [0.1, 0.15) is 24.8 Å². The maximum atomic E-state index is 13.9. The lowest BCUT2D eigenvalue weighted by atomic mass is 9.98. The number of likely N-dealkylation sites (tertiary alicyclic amines) is 1. The molecule has 2 fully saturated rings. The van der Waals surface area contributed by atoms with Gasteiger partial charge in [0.05, 0.1) is 0 Å². The fourth-order valence-corrected chi connectivity index (χ4v) is 4.16. The van der Waals surface area contributed by atoms with Crippen LogP contribution in [0.4, 0.5) is 4.39 Å². The largest absolute Gasteiger partial charge is 0.396 e. The number of rotatable bonds is 5. The summed E-state index contributed by atoms with van der Waals surface area (Å²) < 4.78 is 13.9. The Morgan fingerprint density at radius 3 is 2.58 bits per heavy atom. The zero-order valence-electron chi connectivity index (χ0n) is 14.7. The van der Waals surface area contributed by atoms with Crippen molar-refractivity contribution in [3.8, 4) is 0 Å². The van der Waals surface area contributed by atoms with Gasteiger partial charge in [-0.1, -0.05) is 18.2 Å². The van der Waals surface area contributed by atoms with E-state index in [1.807, 2.05) is 12.1 Å². The molecule has 1 N–H and O–H groups in total. The number of hydrogen-bond acceptors (Lipinski definition) is 4. The molecule has 0 saturated carbocycles. The molecule has 5 heteroatoms. The first-order valence-corrected chi connectivity index (χ1v) is 9.18. The molecule has 1 aromatic rings. The molecule has 0 aromatic heterocycles. The molecule has 1 atom stereocenters. The summed E-state index contributed by atoms with van der Waals surface area (Å²) >= 11 is 0. The standard InChI is InChI=1S/C19H30FN3O/c1-21-9-6-17(7-10-21)23-12-11-22(15-18(23)8-13-24)14-16-4-2-3-5-19(16)20/h2-5,17-18,24H,6-15H2,1H3. The number of piperidine rings is 1. The first-order valence-electron chi connectivity index (χ1n) is 9.18. The van der Waals surface area contributed by atoms with Crippen molar-refractivity contribution in [1.29, 1.82) is 0 Å². The molecule has 4 nitrogen and oxygen atoms in total. The highest BCUT2D eigenvalue weighted by atomic mass is 19.1. The second-order valence-corrected chi connectivity index (χ2v) is 7.26. The minimum atomic E-state index is -0.117. The van der Waals surface area contributed by atoms with Gasteiger partial charge < -0.3 is 10.0 Å². The lowest BCUT2D eigenvalue weighted by molar-refractivity contribution is 0.00571. The number of benzene rings is 1. The molecule has 0 spiro atoms. The predicted octanol–water partition coefficient (Wildman–Crippen LogP) is 1.79. The van der Waals surface area contributed by atoms with E-state index in [1.54, 1.807) is 6.07 Å². The number of aliphatic hydroxyl groups excluding tert-OH is 1. The van der Waals surface area contributed by atoms with Crippen molar-refractivity contribution >= 4 is 0 Å². The monoisotopic (exact) mass is 335 g/mol. The van der Waals surface area contributed by atoms with Crippen LogP contribution in [0.2, 0.25) is 0 Å². The number of piperazine rings is 1. The lowest BCUT2D eigenvalue weighted by Crippen LogP contribution is -2.58. The highest BCUT2D eigenvalue weighted by Gasteiger charge is 2.33. The van der Waals surface area contributed by atoms with Crippen LogP contribution in [-0.4, -0.2) is 78.3 Å². The van der Waals surface area contributed by atoms with Gasteiger partial charge in [-0.05, 0) is 45.5 Å². The molecule has 3 rings (SSSR count). The quantitative estimate of drug-likeness (QED) is 0.889. The zero-order valence-corrected chi connectivity index (χ0v) is 14.7. The first-order chi connectivity index (χ1) is 11.7. The maximum absolute atomic E-state index is 13.9. The molecule has 1 aromatic carbocycles. The van der Waals surface area contributed by atoms with Gasteiger partial charge in [0, 0.05) is 50.4 Å². The molecule has 0 bridgehead atoms. The van der Waals surface area contributed by atoms with Gasteiger partial charge in [-0.3, -0.25) is 9.80 Å². The van der Waals surface area contributed by atoms with Gasteiger partial charge >= 0.3 is 0 Å². The zero-order chi connectivity index (χ0) is 16.9. The molecule has 24 heavy (non-hydrogen) atoms.